The predicted molar refractivity (Wildman–Crippen MR) is 87.0 cm³/mol. The molecule has 108 valence electrons. The molecule has 4 heteroatoms. The second-order valence-corrected chi connectivity index (χ2v) is 7.45. The number of imidazole rings is 1. The molecular weight excluding hydrogens is 278 g/mol. The highest BCUT2D eigenvalue weighted by molar-refractivity contribution is 7.18. The van der Waals surface area contributed by atoms with E-state index in [2.05, 4.69) is 21.0 Å². The molecule has 0 spiro atoms. The Labute approximate surface area is 128 Å². The molecule has 2 saturated carbocycles. The van der Waals surface area contributed by atoms with Gasteiger partial charge < -0.3 is 4.57 Å². The maximum absolute atomic E-state index is 4.99. The van der Waals surface area contributed by atoms with Crippen LogP contribution in [0.25, 0.3) is 21.3 Å². The van der Waals surface area contributed by atoms with Gasteiger partial charge in [0.05, 0.1) is 21.9 Å². The third kappa shape index (κ3) is 1.85. The second-order valence-electron chi connectivity index (χ2n) is 6.53. The normalized spacial score (nSPS) is 20.6. The molecule has 0 bridgehead atoms. The van der Waals surface area contributed by atoms with Gasteiger partial charge in [0, 0.05) is 12.0 Å². The lowest BCUT2D eigenvalue weighted by Gasteiger charge is -2.25. The highest BCUT2D eigenvalue weighted by Gasteiger charge is 2.33. The fourth-order valence-electron chi connectivity index (χ4n) is 3.83. The van der Waals surface area contributed by atoms with Crippen LogP contribution in [0.3, 0.4) is 0 Å². The van der Waals surface area contributed by atoms with Gasteiger partial charge in [-0.25, -0.2) is 4.98 Å². The highest BCUT2D eigenvalue weighted by atomic mass is 32.1. The van der Waals surface area contributed by atoms with Crippen LogP contribution >= 0.6 is 11.3 Å². The van der Waals surface area contributed by atoms with Gasteiger partial charge in [-0.05, 0) is 37.1 Å². The standard InChI is InChI=1S/C17H19N3S/c1-2-4-12(5-3-1)20-15-14(19-17(20)11-6-7-11)10-18-13-8-9-21-16(13)15/h8-12H,1-7H2. The fraction of sp³-hybridized carbons (Fsp3) is 0.529. The average molecular weight is 297 g/mol. The molecule has 2 fully saturated rings. The largest absolute Gasteiger partial charge is 0.323 e. The number of hydrogen-bond acceptors (Lipinski definition) is 3. The van der Waals surface area contributed by atoms with Crippen molar-refractivity contribution in [3.05, 3.63) is 23.5 Å². The van der Waals surface area contributed by atoms with Crippen molar-refractivity contribution in [2.75, 3.05) is 0 Å². The molecule has 21 heavy (non-hydrogen) atoms. The summed E-state index contributed by atoms with van der Waals surface area (Å²) in [7, 11) is 0. The molecule has 0 radical (unpaired) electrons. The summed E-state index contributed by atoms with van der Waals surface area (Å²) in [4.78, 5) is 9.57. The molecule has 2 aliphatic rings. The van der Waals surface area contributed by atoms with Crippen LogP contribution < -0.4 is 0 Å². The zero-order chi connectivity index (χ0) is 13.8. The first-order valence-corrected chi connectivity index (χ1v) is 9.04. The van der Waals surface area contributed by atoms with E-state index >= 15 is 0 Å². The summed E-state index contributed by atoms with van der Waals surface area (Å²) in [5.41, 5.74) is 3.60. The quantitative estimate of drug-likeness (QED) is 0.664. The maximum Gasteiger partial charge on any atom is 0.113 e. The first-order chi connectivity index (χ1) is 10.4. The molecule has 0 amide bonds. The Morgan fingerprint density at radius 2 is 1.90 bits per heavy atom. The monoisotopic (exact) mass is 297 g/mol. The Morgan fingerprint density at radius 1 is 1.05 bits per heavy atom. The first-order valence-electron chi connectivity index (χ1n) is 8.16. The third-order valence-corrected chi connectivity index (χ3v) is 5.94. The molecule has 0 unspecified atom stereocenters. The van der Waals surface area contributed by atoms with Gasteiger partial charge >= 0.3 is 0 Å². The number of hydrogen-bond donors (Lipinski definition) is 0. The molecular formula is C17H19N3S. The van der Waals surface area contributed by atoms with Crippen molar-refractivity contribution < 1.29 is 0 Å². The van der Waals surface area contributed by atoms with E-state index in [0.717, 1.165) is 11.0 Å². The van der Waals surface area contributed by atoms with Crippen LogP contribution in [-0.4, -0.2) is 14.5 Å². The van der Waals surface area contributed by atoms with Crippen molar-refractivity contribution in [3.63, 3.8) is 0 Å². The van der Waals surface area contributed by atoms with E-state index in [4.69, 9.17) is 4.98 Å². The lowest BCUT2D eigenvalue weighted by Crippen LogP contribution is -2.15. The molecule has 0 aliphatic heterocycles. The summed E-state index contributed by atoms with van der Waals surface area (Å²) in [6, 6.07) is 2.79. The van der Waals surface area contributed by atoms with Gasteiger partial charge in [-0.15, -0.1) is 11.3 Å². The van der Waals surface area contributed by atoms with E-state index in [0.29, 0.717) is 12.0 Å². The molecule has 0 atom stereocenters. The van der Waals surface area contributed by atoms with Crippen molar-refractivity contribution in [3.8, 4) is 0 Å². The second kappa shape index (κ2) is 4.54. The van der Waals surface area contributed by atoms with Crippen LogP contribution in [0.2, 0.25) is 0 Å². The Bertz CT molecular complexity index is 806. The minimum Gasteiger partial charge on any atom is -0.323 e. The summed E-state index contributed by atoms with van der Waals surface area (Å²) in [5, 5.41) is 2.16. The van der Waals surface area contributed by atoms with Gasteiger partial charge in [-0.1, -0.05) is 19.3 Å². The number of fused-ring (bicyclic) bond motifs is 3. The fourth-order valence-corrected chi connectivity index (χ4v) is 4.72. The van der Waals surface area contributed by atoms with Crippen molar-refractivity contribution in [2.45, 2.75) is 56.9 Å². The summed E-state index contributed by atoms with van der Waals surface area (Å²) >= 11 is 1.82. The van der Waals surface area contributed by atoms with E-state index in [-0.39, 0.29) is 0 Å². The average Bonchev–Trinajstić information content (AvgIpc) is 3.12. The first kappa shape index (κ1) is 12.2. The number of thiophene rings is 1. The molecule has 3 nitrogen and oxygen atoms in total. The summed E-state index contributed by atoms with van der Waals surface area (Å²) in [5.74, 6) is 2.05. The van der Waals surface area contributed by atoms with E-state index in [1.165, 1.54) is 61.0 Å². The van der Waals surface area contributed by atoms with Crippen LogP contribution in [0.1, 0.15) is 62.7 Å². The number of nitrogens with zero attached hydrogens (tertiary/aromatic N) is 3. The third-order valence-electron chi connectivity index (χ3n) is 5.03. The van der Waals surface area contributed by atoms with Crippen molar-refractivity contribution in [1.29, 1.82) is 0 Å². The lowest BCUT2D eigenvalue weighted by atomic mass is 9.95. The molecule has 3 heterocycles. The van der Waals surface area contributed by atoms with E-state index in [1.807, 2.05) is 17.5 Å². The molecule has 5 rings (SSSR count). The van der Waals surface area contributed by atoms with Crippen molar-refractivity contribution >= 4 is 32.6 Å². The molecule has 0 saturated heterocycles. The molecule has 2 aliphatic carbocycles. The van der Waals surface area contributed by atoms with Crippen LogP contribution in [0.15, 0.2) is 17.6 Å². The van der Waals surface area contributed by atoms with Gasteiger partial charge in [0.2, 0.25) is 0 Å². The number of rotatable bonds is 2. The van der Waals surface area contributed by atoms with E-state index < -0.39 is 0 Å². The van der Waals surface area contributed by atoms with Crippen LogP contribution in [0.5, 0.6) is 0 Å². The van der Waals surface area contributed by atoms with Gasteiger partial charge in [0.15, 0.2) is 0 Å². The van der Waals surface area contributed by atoms with E-state index in [1.54, 1.807) is 0 Å². The van der Waals surface area contributed by atoms with Crippen LogP contribution in [0.4, 0.5) is 0 Å². The zero-order valence-corrected chi connectivity index (χ0v) is 12.9. The Hall–Kier alpha value is -1.42. The van der Waals surface area contributed by atoms with Gasteiger partial charge in [0.1, 0.15) is 11.3 Å². The Morgan fingerprint density at radius 3 is 2.71 bits per heavy atom. The minimum absolute atomic E-state index is 0.659. The zero-order valence-electron chi connectivity index (χ0n) is 12.1. The SMILES string of the molecule is c1cc2ncc3nc(C4CC4)n(C4CCCCC4)c3c2s1. The summed E-state index contributed by atoms with van der Waals surface area (Å²) < 4.78 is 3.95. The lowest BCUT2D eigenvalue weighted by molar-refractivity contribution is 0.353. The van der Waals surface area contributed by atoms with Gasteiger partial charge in [-0.2, -0.15) is 0 Å². The van der Waals surface area contributed by atoms with Crippen LogP contribution in [0, 0.1) is 0 Å². The molecule has 0 N–H and O–H groups in total. The van der Waals surface area contributed by atoms with Crippen molar-refractivity contribution in [2.24, 2.45) is 0 Å². The number of aromatic nitrogens is 3. The maximum atomic E-state index is 4.99. The van der Waals surface area contributed by atoms with Crippen LogP contribution in [-0.2, 0) is 0 Å². The van der Waals surface area contributed by atoms with E-state index in [9.17, 15) is 0 Å². The predicted octanol–water partition coefficient (Wildman–Crippen LogP) is 5.03. The smallest absolute Gasteiger partial charge is 0.113 e. The Kier molecular flexibility index (Phi) is 2.63. The summed E-state index contributed by atoms with van der Waals surface area (Å²) in [6.45, 7) is 0. The molecule has 0 aromatic carbocycles. The van der Waals surface area contributed by atoms with Gasteiger partial charge in [-0.3, -0.25) is 4.98 Å². The van der Waals surface area contributed by atoms with Gasteiger partial charge in [0.25, 0.3) is 0 Å². The Balaban J connectivity index is 1.81. The number of pyridine rings is 1. The highest BCUT2D eigenvalue weighted by Crippen LogP contribution is 2.45. The topological polar surface area (TPSA) is 30.7 Å². The minimum atomic E-state index is 0.659. The molecule has 3 aromatic rings. The summed E-state index contributed by atoms with van der Waals surface area (Å²) in [6.07, 6.45) is 11.4. The molecule has 3 aromatic heterocycles. The van der Waals surface area contributed by atoms with Crippen molar-refractivity contribution in [1.82, 2.24) is 14.5 Å².